The number of nitrogens with zero attached hydrogens (tertiary/aromatic N) is 1. The molecule has 1 atom stereocenters. The van der Waals surface area contributed by atoms with Crippen molar-refractivity contribution in [1.82, 2.24) is 10.2 Å². The Labute approximate surface area is 83.6 Å². The third-order valence-electron chi connectivity index (χ3n) is 1.86. The van der Waals surface area contributed by atoms with E-state index in [2.05, 4.69) is 21.2 Å². The predicted octanol–water partition coefficient (Wildman–Crippen LogP) is -0.745. The molecule has 1 aliphatic rings. The summed E-state index contributed by atoms with van der Waals surface area (Å²) in [6, 6.07) is -0.567. The van der Waals surface area contributed by atoms with E-state index >= 15 is 0 Å². The number of hydrogen-bond acceptors (Lipinski definition) is 3. The molecule has 6 heteroatoms. The van der Waals surface area contributed by atoms with E-state index in [1.807, 2.05) is 0 Å². The van der Waals surface area contributed by atoms with Crippen molar-refractivity contribution < 1.29 is 14.4 Å². The molecule has 3 amide bonds. The molecule has 13 heavy (non-hydrogen) atoms. The quantitative estimate of drug-likeness (QED) is 0.491. The van der Waals surface area contributed by atoms with Gasteiger partial charge in [-0.05, 0) is 6.92 Å². The van der Waals surface area contributed by atoms with Gasteiger partial charge in [0, 0.05) is 0 Å². The third kappa shape index (κ3) is 2.06. The molecule has 72 valence electrons. The summed E-state index contributed by atoms with van der Waals surface area (Å²) in [6.07, 6.45) is 0. The number of alkyl halides is 1. The van der Waals surface area contributed by atoms with E-state index in [9.17, 15) is 14.4 Å². The van der Waals surface area contributed by atoms with Crippen LogP contribution in [-0.4, -0.2) is 40.5 Å². The summed E-state index contributed by atoms with van der Waals surface area (Å²) >= 11 is 2.98. The zero-order valence-electron chi connectivity index (χ0n) is 7.04. The van der Waals surface area contributed by atoms with Crippen LogP contribution < -0.4 is 5.32 Å². The monoisotopic (exact) mass is 248 g/mol. The number of piperazine rings is 1. The first kappa shape index (κ1) is 10.2. The van der Waals surface area contributed by atoms with Crippen LogP contribution in [0.5, 0.6) is 0 Å². The maximum atomic E-state index is 11.2. The largest absolute Gasteiger partial charge is 0.321 e. The fraction of sp³-hybridized carbons (Fsp3) is 0.571. The maximum Gasteiger partial charge on any atom is 0.249 e. The molecule has 1 N–H and O–H groups in total. The smallest absolute Gasteiger partial charge is 0.249 e. The summed E-state index contributed by atoms with van der Waals surface area (Å²) < 4.78 is 0. The molecule has 0 aromatic carbocycles. The molecule has 1 unspecified atom stereocenters. The summed E-state index contributed by atoms with van der Waals surface area (Å²) in [5.74, 6) is -1.11. The standard InChI is InChI=1S/C7H9BrN2O3/c1-4-7(13)9-5(11)3-10(4)6(12)2-8/h4H,2-3H2,1H3,(H,9,11,13). The van der Waals surface area contributed by atoms with Crippen molar-refractivity contribution in [2.45, 2.75) is 13.0 Å². The van der Waals surface area contributed by atoms with Crippen molar-refractivity contribution in [3.05, 3.63) is 0 Å². The van der Waals surface area contributed by atoms with Crippen molar-refractivity contribution in [3.8, 4) is 0 Å². The summed E-state index contributed by atoms with van der Waals surface area (Å²) in [5, 5.41) is 2.27. The highest BCUT2D eigenvalue weighted by Crippen LogP contribution is 2.05. The van der Waals surface area contributed by atoms with Gasteiger partial charge in [0.25, 0.3) is 0 Å². The van der Waals surface area contributed by atoms with E-state index in [1.54, 1.807) is 6.92 Å². The minimum absolute atomic E-state index is 0.0443. The minimum atomic E-state index is -0.567. The Bertz CT molecular complexity index is 266. The van der Waals surface area contributed by atoms with Crippen LogP contribution in [-0.2, 0) is 14.4 Å². The average Bonchev–Trinajstić information content (AvgIpc) is 2.10. The average molecular weight is 249 g/mol. The number of halogens is 1. The summed E-state index contributed by atoms with van der Waals surface area (Å²) in [6.45, 7) is 1.54. The van der Waals surface area contributed by atoms with Gasteiger partial charge in [0.15, 0.2) is 0 Å². The van der Waals surface area contributed by atoms with Gasteiger partial charge in [-0.1, -0.05) is 15.9 Å². The first-order chi connectivity index (χ1) is 6.06. The Morgan fingerprint density at radius 3 is 2.85 bits per heavy atom. The molecule has 0 radical (unpaired) electrons. The molecule has 1 saturated heterocycles. The SMILES string of the molecule is CC1C(=O)NC(=O)CN1C(=O)CBr. The Morgan fingerprint density at radius 1 is 1.69 bits per heavy atom. The number of amides is 3. The minimum Gasteiger partial charge on any atom is -0.321 e. The van der Waals surface area contributed by atoms with Crippen LogP contribution in [0.15, 0.2) is 0 Å². The molecule has 0 aromatic rings. The molecule has 0 bridgehead atoms. The van der Waals surface area contributed by atoms with Gasteiger partial charge in [0.2, 0.25) is 17.7 Å². The molecule has 0 aliphatic carbocycles. The molecule has 0 saturated carbocycles. The van der Waals surface area contributed by atoms with Gasteiger partial charge in [-0.15, -0.1) is 0 Å². The summed E-state index contributed by atoms with van der Waals surface area (Å²) in [4.78, 5) is 34.5. The van der Waals surface area contributed by atoms with Crippen LogP contribution in [0.1, 0.15) is 6.92 Å². The van der Waals surface area contributed by atoms with Gasteiger partial charge >= 0.3 is 0 Å². The van der Waals surface area contributed by atoms with Crippen LogP contribution >= 0.6 is 15.9 Å². The van der Waals surface area contributed by atoms with Gasteiger partial charge in [0.1, 0.15) is 12.6 Å². The first-order valence-corrected chi connectivity index (χ1v) is 4.87. The fourth-order valence-corrected chi connectivity index (χ4v) is 1.42. The number of imide groups is 1. The molecule has 1 rings (SSSR count). The van der Waals surface area contributed by atoms with Gasteiger partial charge < -0.3 is 4.90 Å². The van der Waals surface area contributed by atoms with E-state index < -0.39 is 17.9 Å². The van der Waals surface area contributed by atoms with Crippen molar-refractivity contribution >= 4 is 33.7 Å². The Balaban J connectivity index is 2.77. The van der Waals surface area contributed by atoms with Gasteiger partial charge in [-0.3, -0.25) is 19.7 Å². The van der Waals surface area contributed by atoms with Crippen molar-refractivity contribution in [3.63, 3.8) is 0 Å². The molecular weight excluding hydrogens is 240 g/mol. The second kappa shape index (κ2) is 3.87. The fourth-order valence-electron chi connectivity index (χ4n) is 1.10. The molecule has 0 aromatic heterocycles. The molecular formula is C7H9BrN2O3. The summed E-state index contributed by atoms with van der Waals surface area (Å²) in [7, 11) is 0. The zero-order chi connectivity index (χ0) is 10.0. The van der Waals surface area contributed by atoms with E-state index in [4.69, 9.17) is 0 Å². The lowest BCUT2D eigenvalue weighted by Gasteiger charge is -2.31. The number of carbonyl (C=O) groups excluding carboxylic acids is 3. The van der Waals surface area contributed by atoms with Gasteiger partial charge in [-0.25, -0.2) is 0 Å². The van der Waals surface area contributed by atoms with E-state index in [0.717, 1.165) is 0 Å². The predicted molar refractivity (Wildman–Crippen MR) is 48.1 cm³/mol. The lowest BCUT2D eigenvalue weighted by Crippen LogP contribution is -2.58. The number of hydrogen-bond donors (Lipinski definition) is 1. The Morgan fingerprint density at radius 2 is 2.31 bits per heavy atom. The van der Waals surface area contributed by atoms with Gasteiger partial charge in [-0.2, -0.15) is 0 Å². The van der Waals surface area contributed by atoms with Crippen LogP contribution in [0.4, 0.5) is 0 Å². The second-order valence-electron chi connectivity index (χ2n) is 2.74. The molecule has 0 spiro atoms. The lowest BCUT2D eigenvalue weighted by molar-refractivity contribution is -0.148. The maximum absolute atomic E-state index is 11.2. The van der Waals surface area contributed by atoms with Crippen molar-refractivity contribution in [1.29, 1.82) is 0 Å². The first-order valence-electron chi connectivity index (χ1n) is 3.75. The van der Waals surface area contributed by atoms with E-state index in [0.29, 0.717) is 0 Å². The van der Waals surface area contributed by atoms with Crippen LogP contribution in [0.3, 0.4) is 0 Å². The highest BCUT2D eigenvalue weighted by molar-refractivity contribution is 9.09. The highest BCUT2D eigenvalue weighted by Gasteiger charge is 2.32. The van der Waals surface area contributed by atoms with E-state index in [1.165, 1.54) is 4.90 Å². The normalized spacial score (nSPS) is 22.9. The molecule has 1 aliphatic heterocycles. The summed E-state index contributed by atoms with van der Waals surface area (Å²) in [5.41, 5.74) is 0. The van der Waals surface area contributed by atoms with Gasteiger partial charge in [0.05, 0.1) is 5.33 Å². The topological polar surface area (TPSA) is 66.5 Å². The Kier molecular flexibility index (Phi) is 3.02. The zero-order valence-corrected chi connectivity index (χ0v) is 8.63. The number of carbonyl (C=O) groups is 3. The Hall–Kier alpha value is -0.910. The molecule has 1 fully saturated rings. The second-order valence-corrected chi connectivity index (χ2v) is 3.30. The number of nitrogens with one attached hydrogen (secondary N) is 1. The van der Waals surface area contributed by atoms with Crippen LogP contribution in [0.2, 0.25) is 0 Å². The van der Waals surface area contributed by atoms with Crippen molar-refractivity contribution in [2.75, 3.05) is 11.9 Å². The highest BCUT2D eigenvalue weighted by atomic mass is 79.9. The van der Waals surface area contributed by atoms with Crippen LogP contribution in [0.25, 0.3) is 0 Å². The number of rotatable bonds is 1. The third-order valence-corrected chi connectivity index (χ3v) is 2.34. The molecule has 5 nitrogen and oxygen atoms in total. The lowest BCUT2D eigenvalue weighted by atomic mass is 10.2. The van der Waals surface area contributed by atoms with Crippen LogP contribution in [0, 0.1) is 0 Å². The van der Waals surface area contributed by atoms with E-state index in [-0.39, 0.29) is 17.8 Å². The van der Waals surface area contributed by atoms with Crippen molar-refractivity contribution in [2.24, 2.45) is 0 Å². The molecule has 1 heterocycles.